The summed E-state index contributed by atoms with van der Waals surface area (Å²) in [7, 11) is 0. The smallest absolute Gasteiger partial charge is 0.0509 e. The third-order valence-electron chi connectivity index (χ3n) is 2.45. The Hall–Kier alpha value is -0.120. The SMILES string of the molecule is NCC1CC(CO)(CO)C1. The molecule has 0 atom stereocenters. The summed E-state index contributed by atoms with van der Waals surface area (Å²) in [6.45, 7) is 0.877. The Balaban J connectivity index is 2.31. The van der Waals surface area contributed by atoms with Gasteiger partial charge in [0.05, 0.1) is 13.2 Å². The van der Waals surface area contributed by atoms with Crippen molar-refractivity contribution in [1.29, 1.82) is 0 Å². The fourth-order valence-electron chi connectivity index (χ4n) is 1.64. The summed E-state index contributed by atoms with van der Waals surface area (Å²) in [5.74, 6) is 0.527. The summed E-state index contributed by atoms with van der Waals surface area (Å²) in [6.07, 6.45) is 1.77. The van der Waals surface area contributed by atoms with Gasteiger partial charge in [-0.3, -0.25) is 0 Å². The maximum Gasteiger partial charge on any atom is 0.0509 e. The number of rotatable bonds is 3. The van der Waals surface area contributed by atoms with E-state index in [-0.39, 0.29) is 18.6 Å². The van der Waals surface area contributed by atoms with Crippen molar-refractivity contribution in [2.45, 2.75) is 12.8 Å². The first kappa shape index (κ1) is 7.98. The molecule has 0 aromatic heterocycles. The van der Waals surface area contributed by atoms with Crippen molar-refractivity contribution in [2.24, 2.45) is 17.1 Å². The second kappa shape index (κ2) is 2.86. The van der Waals surface area contributed by atoms with Gasteiger partial charge < -0.3 is 15.9 Å². The molecule has 0 aliphatic heterocycles. The van der Waals surface area contributed by atoms with E-state index in [1.165, 1.54) is 0 Å². The molecule has 3 nitrogen and oxygen atoms in total. The van der Waals surface area contributed by atoms with E-state index in [9.17, 15) is 0 Å². The van der Waals surface area contributed by atoms with Crippen LogP contribution in [-0.4, -0.2) is 30.0 Å². The molecule has 60 valence electrons. The van der Waals surface area contributed by atoms with Crippen LogP contribution in [0.1, 0.15) is 12.8 Å². The van der Waals surface area contributed by atoms with Crippen molar-refractivity contribution in [1.82, 2.24) is 0 Å². The third-order valence-corrected chi connectivity index (χ3v) is 2.45. The molecule has 1 aliphatic rings. The maximum atomic E-state index is 8.85. The van der Waals surface area contributed by atoms with E-state index in [1.807, 2.05) is 0 Å². The largest absolute Gasteiger partial charge is 0.396 e. The third kappa shape index (κ3) is 1.17. The Kier molecular flexibility index (Phi) is 2.28. The minimum absolute atomic E-state index is 0.0972. The zero-order valence-corrected chi connectivity index (χ0v) is 6.08. The molecule has 0 heterocycles. The molecular formula is C7H15NO2. The van der Waals surface area contributed by atoms with Crippen molar-refractivity contribution < 1.29 is 10.2 Å². The standard InChI is InChI=1S/C7H15NO2/c8-3-6-1-7(2-6,4-9)5-10/h6,9-10H,1-5,8H2. The molecule has 3 heteroatoms. The lowest BCUT2D eigenvalue weighted by molar-refractivity contribution is -0.0454. The van der Waals surface area contributed by atoms with Gasteiger partial charge in [0.1, 0.15) is 0 Å². The van der Waals surface area contributed by atoms with Crippen molar-refractivity contribution in [3.63, 3.8) is 0 Å². The van der Waals surface area contributed by atoms with Gasteiger partial charge in [-0.2, -0.15) is 0 Å². The van der Waals surface area contributed by atoms with Crippen molar-refractivity contribution in [3.05, 3.63) is 0 Å². The predicted molar refractivity (Wildman–Crippen MR) is 38.4 cm³/mol. The summed E-state index contributed by atoms with van der Waals surface area (Å²) in [5.41, 5.74) is 5.21. The van der Waals surface area contributed by atoms with Gasteiger partial charge in [-0.15, -0.1) is 0 Å². The van der Waals surface area contributed by atoms with E-state index in [0.717, 1.165) is 12.8 Å². The molecule has 0 spiro atoms. The van der Waals surface area contributed by atoms with E-state index in [1.54, 1.807) is 0 Å². The second-order valence-electron chi connectivity index (χ2n) is 3.33. The van der Waals surface area contributed by atoms with Gasteiger partial charge in [0.25, 0.3) is 0 Å². The highest BCUT2D eigenvalue weighted by molar-refractivity contribution is 4.92. The van der Waals surface area contributed by atoms with Crippen molar-refractivity contribution in [3.8, 4) is 0 Å². The minimum Gasteiger partial charge on any atom is -0.396 e. The highest BCUT2D eigenvalue weighted by Crippen LogP contribution is 2.44. The normalized spacial score (nSPS) is 24.3. The monoisotopic (exact) mass is 145 g/mol. The van der Waals surface area contributed by atoms with Gasteiger partial charge in [0, 0.05) is 5.41 Å². The highest BCUT2D eigenvalue weighted by atomic mass is 16.3. The van der Waals surface area contributed by atoms with E-state index in [4.69, 9.17) is 15.9 Å². The van der Waals surface area contributed by atoms with Crippen LogP contribution in [0.3, 0.4) is 0 Å². The summed E-state index contributed by atoms with van der Waals surface area (Å²) in [6, 6.07) is 0. The number of hydrogen-bond donors (Lipinski definition) is 3. The van der Waals surface area contributed by atoms with Gasteiger partial charge in [-0.25, -0.2) is 0 Å². The lowest BCUT2D eigenvalue weighted by Gasteiger charge is -2.45. The maximum absolute atomic E-state index is 8.85. The van der Waals surface area contributed by atoms with Gasteiger partial charge in [0.2, 0.25) is 0 Å². The minimum atomic E-state index is -0.190. The number of aliphatic hydroxyl groups is 2. The van der Waals surface area contributed by atoms with Crippen LogP contribution in [-0.2, 0) is 0 Å². The fourth-order valence-corrected chi connectivity index (χ4v) is 1.64. The fraction of sp³-hybridized carbons (Fsp3) is 1.00. The van der Waals surface area contributed by atoms with E-state index in [0.29, 0.717) is 12.5 Å². The van der Waals surface area contributed by atoms with Crippen LogP contribution in [0.5, 0.6) is 0 Å². The quantitative estimate of drug-likeness (QED) is 0.493. The molecule has 0 unspecified atom stereocenters. The van der Waals surface area contributed by atoms with Crippen LogP contribution in [0.25, 0.3) is 0 Å². The summed E-state index contributed by atoms with van der Waals surface area (Å²) in [4.78, 5) is 0. The summed E-state index contributed by atoms with van der Waals surface area (Å²) < 4.78 is 0. The molecule has 1 fully saturated rings. The zero-order valence-electron chi connectivity index (χ0n) is 6.08. The first-order chi connectivity index (χ1) is 4.76. The topological polar surface area (TPSA) is 66.5 Å². The summed E-state index contributed by atoms with van der Waals surface area (Å²) >= 11 is 0. The molecule has 1 aliphatic carbocycles. The van der Waals surface area contributed by atoms with Crippen LogP contribution in [0.15, 0.2) is 0 Å². The van der Waals surface area contributed by atoms with Gasteiger partial charge >= 0.3 is 0 Å². The molecule has 0 aromatic rings. The molecular weight excluding hydrogens is 130 g/mol. The second-order valence-corrected chi connectivity index (χ2v) is 3.33. The van der Waals surface area contributed by atoms with Gasteiger partial charge in [-0.05, 0) is 25.3 Å². The van der Waals surface area contributed by atoms with Gasteiger partial charge in [-0.1, -0.05) is 0 Å². The molecule has 0 amide bonds. The lowest BCUT2D eigenvalue weighted by atomic mass is 9.63. The van der Waals surface area contributed by atoms with Crippen molar-refractivity contribution >= 4 is 0 Å². The molecule has 0 aromatic carbocycles. The molecule has 4 N–H and O–H groups in total. The van der Waals surface area contributed by atoms with Crippen LogP contribution in [0.4, 0.5) is 0 Å². The summed E-state index contributed by atoms with van der Waals surface area (Å²) in [5, 5.41) is 17.7. The zero-order chi connectivity index (χ0) is 7.61. The molecule has 1 saturated carbocycles. The van der Waals surface area contributed by atoms with E-state index < -0.39 is 0 Å². The van der Waals surface area contributed by atoms with Gasteiger partial charge in [0.15, 0.2) is 0 Å². The Bertz CT molecular complexity index is 104. The Morgan fingerprint density at radius 2 is 1.80 bits per heavy atom. The number of aliphatic hydroxyl groups excluding tert-OH is 2. The first-order valence-electron chi connectivity index (χ1n) is 3.68. The van der Waals surface area contributed by atoms with Crippen LogP contribution in [0.2, 0.25) is 0 Å². The molecule has 10 heavy (non-hydrogen) atoms. The van der Waals surface area contributed by atoms with Crippen LogP contribution >= 0.6 is 0 Å². The molecule has 0 bridgehead atoms. The average Bonchev–Trinajstić information content (AvgIpc) is 1.89. The van der Waals surface area contributed by atoms with Crippen LogP contribution in [0, 0.1) is 11.3 Å². The van der Waals surface area contributed by atoms with E-state index >= 15 is 0 Å². The number of nitrogens with two attached hydrogens (primary N) is 1. The van der Waals surface area contributed by atoms with Crippen LogP contribution < -0.4 is 5.73 Å². The average molecular weight is 145 g/mol. The van der Waals surface area contributed by atoms with E-state index in [2.05, 4.69) is 0 Å². The number of hydrogen-bond acceptors (Lipinski definition) is 3. The lowest BCUT2D eigenvalue weighted by Crippen LogP contribution is -2.45. The van der Waals surface area contributed by atoms with Crippen molar-refractivity contribution in [2.75, 3.05) is 19.8 Å². The predicted octanol–water partition coefficient (Wildman–Crippen LogP) is -0.674. The Morgan fingerprint density at radius 3 is 2.10 bits per heavy atom. The highest BCUT2D eigenvalue weighted by Gasteiger charge is 2.42. The molecule has 1 rings (SSSR count). The Labute approximate surface area is 60.9 Å². The Morgan fingerprint density at radius 1 is 1.30 bits per heavy atom. The molecule has 0 saturated heterocycles. The first-order valence-corrected chi connectivity index (χ1v) is 3.68. The molecule has 0 radical (unpaired) electrons.